The van der Waals surface area contributed by atoms with Crippen LogP contribution in [-0.2, 0) is 0 Å². The summed E-state index contributed by atoms with van der Waals surface area (Å²) in [7, 11) is 1.64. The summed E-state index contributed by atoms with van der Waals surface area (Å²) < 4.78 is 5.21. The van der Waals surface area contributed by atoms with Crippen LogP contribution in [0.5, 0.6) is 5.75 Å². The molecule has 0 saturated carbocycles. The molecule has 3 aromatic rings. The molecule has 166 valence electrons. The molecule has 3 rings (SSSR count). The van der Waals surface area contributed by atoms with E-state index in [-0.39, 0.29) is 12.1 Å². The number of nitrogens with one attached hydrogen (secondary N) is 3. The smallest absolute Gasteiger partial charge is 0.227 e. The molecule has 0 radical (unpaired) electrons. The average molecular weight is 431 g/mol. The highest BCUT2D eigenvalue weighted by atomic mass is 16.5. The van der Waals surface area contributed by atoms with Crippen molar-refractivity contribution in [3.63, 3.8) is 0 Å². The number of methoxy groups -OCH3 is 1. The minimum absolute atomic E-state index is 0.242. The number of hydrogen-bond acceptors (Lipinski definition) is 3. The van der Waals surface area contributed by atoms with E-state index < -0.39 is 0 Å². The van der Waals surface area contributed by atoms with Crippen molar-refractivity contribution in [1.29, 1.82) is 0 Å². The minimum atomic E-state index is -0.258. The zero-order valence-electron chi connectivity index (χ0n) is 18.9. The fourth-order valence-corrected chi connectivity index (χ4v) is 3.10. The molecular weight excluding hydrogens is 400 g/mol. The number of aryl methyl sites for hydroxylation is 2. The molecule has 0 amide bonds. The van der Waals surface area contributed by atoms with Crippen molar-refractivity contribution in [2.24, 2.45) is 15.7 Å². The summed E-state index contributed by atoms with van der Waals surface area (Å²) in [5.74, 6) is 1.43. The number of nitrogens with zero attached hydrogens (tertiary/aromatic N) is 2. The molecule has 0 aromatic heterocycles. The van der Waals surface area contributed by atoms with Gasteiger partial charge in [0.05, 0.1) is 7.11 Å². The van der Waals surface area contributed by atoms with Crippen LogP contribution in [0.1, 0.15) is 18.1 Å². The summed E-state index contributed by atoms with van der Waals surface area (Å²) in [5, 5.41) is 9.72. The van der Waals surface area contributed by atoms with Crippen LogP contribution >= 0.6 is 0 Å². The molecule has 32 heavy (non-hydrogen) atoms. The first-order valence-electron chi connectivity index (χ1n) is 10.4. The first-order chi connectivity index (χ1) is 15.4. The van der Waals surface area contributed by atoms with Crippen LogP contribution in [0, 0.1) is 13.8 Å². The fraction of sp³-hybridized carbons (Fsp3) is 0.200. The van der Waals surface area contributed by atoms with Crippen LogP contribution in [0.4, 0.5) is 17.1 Å². The zero-order chi connectivity index (χ0) is 22.9. The molecule has 0 spiro atoms. The lowest BCUT2D eigenvalue weighted by atomic mass is 10.2. The number of hydrogen-bond donors (Lipinski definition) is 4. The number of guanidine groups is 2. The molecule has 1 unspecified atom stereocenters. The Morgan fingerprint density at radius 3 is 2.00 bits per heavy atom. The van der Waals surface area contributed by atoms with Gasteiger partial charge < -0.3 is 26.4 Å². The van der Waals surface area contributed by atoms with Gasteiger partial charge in [0.15, 0.2) is 0 Å². The molecule has 0 aliphatic carbocycles. The summed E-state index contributed by atoms with van der Waals surface area (Å²) >= 11 is 0. The van der Waals surface area contributed by atoms with Gasteiger partial charge in [-0.2, -0.15) is 4.99 Å². The van der Waals surface area contributed by atoms with Gasteiger partial charge in [-0.3, -0.25) is 0 Å². The first-order valence-corrected chi connectivity index (χ1v) is 10.4. The zero-order valence-corrected chi connectivity index (χ0v) is 18.9. The Labute approximate surface area is 189 Å². The molecule has 0 heterocycles. The maximum absolute atomic E-state index is 6.18. The second-order valence-electron chi connectivity index (χ2n) is 7.49. The summed E-state index contributed by atoms with van der Waals surface area (Å²) in [6.45, 7) is 6.01. The molecular formula is C25H30N6O. The van der Waals surface area contributed by atoms with Crippen molar-refractivity contribution < 1.29 is 4.74 Å². The van der Waals surface area contributed by atoms with Crippen LogP contribution in [0.2, 0.25) is 0 Å². The third kappa shape index (κ3) is 7.05. The highest BCUT2D eigenvalue weighted by Gasteiger charge is 2.06. The lowest BCUT2D eigenvalue weighted by Crippen LogP contribution is -2.27. The number of ether oxygens (including phenoxy) is 1. The van der Waals surface area contributed by atoms with E-state index in [2.05, 4.69) is 20.9 Å². The van der Waals surface area contributed by atoms with E-state index in [4.69, 9.17) is 15.5 Å². The second-order valence-corrected chi connectivity index (χ2v) is 7.49. The minimum Gasteiger partial charge on any atom is -0.497 e. The van der Waals surface area contributed by atoms with Gasteiger partial charge in [-0.15, -0.1) is 0 Å². The van der Waals surface area contributed by atoms with Crippen molar-refractivity contribution in [1.82, 2.24) is 0 Å². The van der Waals surface area contributed by atoms with Crippen molar-refractivity contribution in [3.05, 3.63) is 83.9 Å². The maximum atomic E-state index is 6.18. The average Bonchev–Trinajstić information content (AvgIpc) is 2.74. The second kappa shape index (κ2) is 10.9. The van der Waals surface area contributed by atoms with Gasteiger partial charge in [-0.05, 0) is 80.4 Å². The molecule has 0 aliphatic rings. The predicted octanol–water partition coefficient (Wildman–Crippen LogP) is 4.96. The number of benzene rings is 3. The van der Waals surface area contributed by atoms with Crippen molar-refractivity contribution in [3.8, 4) is 5.75 Å². The molecule has 7 nitrogen and oxygen atoms in total. The maximum Gasteiger partial charge on any atom is 0.227 e. The summed E-state index contributed by atoms with van der Waals surface area (Å²) in [4.78, 5) is 9.19. The van der Waals surface area contributed by atoms with E-state index in [1.165, 1.54) is 0 Å². The van der Waals surface area contributed by atoms with Gasteiger partial charge >= 0.3 is 0 Å². The Morgan fingerprint density at radius 2 is 1.44 bits per heavy atom. The van der Waals surface area contributed by atoms with Crippen molar-refractivity contribution in [2.45, 2.75) is 26.9 Å². The molecule has 1 atom stereocenters. The molecule has 7 heteroatoms. The van der Waals surface area contributed by atoms with Crippen LogP contribution < -0.4 is 26.4 Å². The lowest BCUT2D eigenvalue weighted by molar-refractivity contribution is 0.415. The predicted molar refractivity (Wildman–Crippen MR) is 135 cm³/mol. The van der Waals surface area contributed by atoms with Gasteiger partial charge in [0.25, 0.3) is 0 Å². The number of aliphatic imine (C=N–C) groups is 2. The quantitative estimate of drug-likeness (QED) is 0.327. The van der Waals surface area contributed by atoms with Crippen LogP contribution in [0.25, 0.3) is 0 Å². The van der Waals surface area contributed by atoms with Gasteiger partial charge in [-0.25, -0.2) is 4.99 Å². The van der Waals surface area contributed by atoms with Crippen LogP contribution in [0.15, 0.2) is 82.8 Å². The molecule has 0 fully saturated rings. The Balaban J connectivity index is 1.81. The van der Waals surface area contributed by atoms with E-state index in [0.29, 0.717) is 5.96 Å². The number of anilines is 3. The van der Waals surface area contributed by atoms with Crippen LogP contribution in [-0.4, -0.2) is 25.2 Å². The van der Waals surface area contributed by atoms with Crippen molar-refractivity contribution >= 4 is 29.0 Å². The normalized spacial score (nSPS) is 12.8. The summed E-state index contributed by atoms with van der Waals surface area (Å²) in [6, 6.07) is 23.6. The molecule has 5 N–H and O–H groups in total. The van der Waals surface area contributed by atoms with Gasteiger partial charge in [-0.1, -0.05) is 24.3 Å². The summed E-state index contributed by atoms with van der Waals surface area (Å²) in [5.41, 5.74) is 11.1. The third-order valence-corrected chi connectivity index (χ3v) is 4.57. The van der Waals surface area contributed by atoms with E-state index in [1.54, 1.807) is 7.11 Å². The van der Waals surface area contributed by atoms with E-state index >= 15 is 0 Å². The first kappa shape index (κ1) is 22.7. The molecule has 0 saturated heterocycles. The third-order valence-electron chi connectivity index (χ3n) is 4.57. The SMILES string of the molecule is COc1ccc(NC(C)N=C(N=C(N)Nc2cccc(C)c2)Nc2cccc(C)c2)cc1. The Morgan fingerprint density at radius 1 is 0.844 bits per heavy atom. The Hall–Kier alpha value is -4.00. The monoisotopic (exact) mass is 430 g/mol. The fourth-order valence-electron chi connectivity index (χ4n) is 3.10. The standard InChI is InChI=1S/C25H30N6O/c1-17-7-5-9-21(15-17)29-24(26)31-25(30-22-10-6-8-18(2)16-22)28-19(3)27-20-11-13-23(32-4)14-12-20/h5-16,19,27H,1-4H3,(H4,26,28,29,30,31). The molecule has 3 aromatic carbocycles. The highest BCUT2D eigenvalue weighted by Crippen LogP contribution is 2.16. The van der Waals surface area contributed by atoms with Gasteiger partial charge in [0.1, 0.15) is 11.9 Å². The molecule has 0 aliphatic heterocycles. The number of rotatable bonds is 6. The number of nitrogens with two attached hydrogens (primary N) is 1. The lowest BCUT2D eigenvalue weighted by Gasteiger charge is -2.14. The van der Waals surface area contributed by atoms with E-state index in [0.717, 1.165) is 33.9 Å². The van der Waals surface area contributed by atoms with E-state index in [1.807, 2.05) is 93.6 Å². The van der Waals surface area contributed by atoms with E-state index in [9.17, 15) is 0 Å². The Kier molecular flexibility index (Phi) is 7.70. The van der Waals surface area contributed by atoms with Crippen molar-refractivity contribution in [2.75, 3.05) is 23.1 Å². The highest BCUT2D eigenvalue weighted by molar-refractivity contribution is 6.05. The summed E-state index contributed by atoms with van der Waals surface area (Å²) in [6.07, 6.45) is -0.258. The Bertz CT molecular complexity index is 1090. The largest absolute Gasteiger partial charge is 0.497 e. The van der Waals surface area contributed by atoms with Crippen LogP contribution in [0.3, 0.4) is 0 Å². The topological polar surface area (TPSA) is 96.1 Å². The van der Waals surface area contributed by atoms with Gasteiger partial charge in [0.2, 0.25) is 11.9 Å². The van der Waals surface area contributed by atoms with Gasteiger partial charge in [0, 0.05) is 17.1 Å². The molecule has 0 bridgehead atoms.